The Balaban J connectivity index is 2.07. The predicted octanol–water partition coefficient (Wildman–Crippen LogP) is 6.14. The first kappa shape index (κ1) is 15.5. The fraction of sp³-hybridized carbons (Fsp3) is 0. The number of thioether (sulfide) groups is 1. The van der Waals surface area contributed by atoms with Crippen molar-refractivity contribution in [1.29, 1.82) is 0 Å². The van der Waals surface area contributed by atoms with Gasteiger partial charge < -0.3 is 0 Å². The van der Waals surface area contributed by atoms with E-state index in [2.05, 4.69) is 0 Å². The quantitative estimate of drug-likeness (QED) is 0.377. The first-order valence-electron chi connectivity index (χ1n) is 5.65. The summed E-state index contributed by atoms with van der Waals surface area (Å²) in [6.07, 6.45) is 1.48. The standard InChI is InChI=1S/C15H9Cl3OS/c16-11-6-4-10(5-7-11)14(19)8-9-20-15-12(17)2-1-3-13(15)18/h1-9H. The number of ketones is 1. The smallest absolute Gasteiger partial charge is 0.186 e. The maximum atomic E-state index is 11.9. The third-order valence-corrected chi connectivity index (χ3v) is 4.51. The lowest BCUT2D eigenvalue weighted by atomic mass is 10.1. The molecule has 0 bridgehead atoms. The van der Waals surface area contributed by atoms with Crippen LogP contribution in [0.2, 0.25) is 15.1 Å². The van der Waals surface area contributed by atoms with Gasteiger partial charge in [-0.2, -0.15) is 0 Å². The number of carbonyl (C=O) groups is 1. The number of hydrogen-bond acceptors (Lipinski definition) is 2. The van der Waals surface area contributed by atoms with Crippen LogP contribution in [-0.2, 0) is 0 Å². The van der Waals surface area contributed by atoms with E-state index in [1.807, 2.05) is 0 Å². The highest BCUT2D eigenvalue weighted by Crippen LogP contribution is 2.34. The van der Waals surface area contributed by atoms with Gasteiger partial charge in [0.2, 0.25) is 0 Å². The van der Waals surface area contributed by atoms with Crippen molar-refractivity contribution in [1.82, 2.24) is 0 Å². The van der Waals surface area contributed by atoms with E-state index in [0.717, 1.165) is 4.90 Å². The van der Waals surface area contributed by atoms with Crippen molar-refractivity contribution in [2.75, 3.05) is 0 Å². The molecule has 0 aliphatic carbocycles. The summed E-state index contributed by atoms with van der Waals surface area (Å²) in [5.41, 5.74) is 0.580. The molecule has 0 aromatic heterocycles. The lowest BCUT2D eigenvalue weighted by Gasteiger charge is -2.02. The van der Waals surface area contributed by atoms with E-state index in [4.69, 9.17) is 34.8 Å². The molecule has 0 atom stereocenters. The Labute approximate surface area is 136 Å². The summed E-state index contributed by atoms with van der Waals surface area (Å²) >= 11 is 19.2. The van der Waals surface area contributed by atoms with Crippen molar-refractivity contribution in [3.8, 4) is 0 Å². The molecule has 0 fully saturated rings. The number of benzene rings is 2. The SMILES string of the molecule is O=C(C=CSc1c(Cl)cccc1Cl)c1ccc(Cl)cc1. The molecular weight excluding hydrogens is 335 g/mol. The Morgan fingerprint density at radius 2 is 1.55 bits per heavy atom. The summed E-state index contributed by atoms with van der Waals surface area (Å²) in [4.78, 5) is 12.6. The molecule has 2 rings (SSSR count). The van der Waals surface area contributed by atoms with E-state index < -0.39 is 0 Å². The number of allylic oxidation sites excluding steroid dienone is 1. The second kappa shape index (κ2) is 7.19. The van der Waals surface area contributed by atoms with Crippen LogP contribution in [0.15, 0.2) is 58.8 Å². The van der Waals surface area contributed by atoms with Gasteiger partial charge in [-0.05, 0) is 47.9 Å². The molecule has 0 N–H and O–H groups in total. The molecule has 0 spiro atoms. The highest BCUT2D eigenvalue weighted by Gasteiger charge is 2.05. The minimum atomic E-state index is -0.0997. The van der Waals surface area contributed by atoms with Gasteiger partial charge in [0.05, 0.1) is 10.0 Å². The van der Waals surface area contributed by atoms with Gasteiger partial charge in [0.1, 0.15) is 0 Å². The Bertz CT molecular complexity index is 630. The largest absolute Gasteiger partial charge is 0.289 e. The summed E-state index contributed by atoms with van der Waals surface area (Å²) in [5.74, 6) is -0.0997. The van der Waals surface area contributed by atoms with Crippen LogP contribution in [0.3, 0.4) is 0 Å². The van der Waals surface area contributed by atoms with Crippen molar-refractivity contribution in [3.63, 3.8) is 0 Å². The summed E-state index contributed by atoms with van der Waals surface area (Å²) < 4.78 is 0. The molecule has 0 aliphatic rings. The van der Waals surface area contributed by atoms with Crippen molar-refractivity contribution < 1.29 is 4.79 Å². The zero-order valence-corrected chi connectivity index (χ0v) is 13.2. The lowest BCUT2D eigenvalue weighted by Crippen LogP contribution is -1.92. The number of rotatable bonds is 4. The maximum Gasteiger partial charge on any atom is 0.186 e. The lowest BCUT2D eigenvalue weighted by molar-refractivity contribution is 0.104. The van der Waals surface area contributed by atoms with Crippen LogP contribution in [0.4, 0.5) is 0 Å². The summed E-state index contributed by atoms with van der Waals surface area (Å²) in [6.45, 7) is 0. The third-order valence-electron chi connectivity index (χ3n) is 2.45. The maximum absolute atomic E-state index is 11.9. The van der Waals surface area contributed by atoms with E-state index in [1.54, 1.807) is 47.9 Å². The molecule has 2 aromatic carbocycles. The molecule has 0 amide bonds. The minimum Gasteiger partial charge on any atom is -0.289 e. The van der Waals surface area contributed by atoms with Gasteiger partial charge in [-0.25, -0.2) is 0 Å². The Morgan fingerprint density at radius 1 is 0.950 bits per heavy atom. The van der Waals surface area contributed by atoms with Crippen LogP contribution in [0.25, 0.3) is 0 Å². The normalized spacial score (nSPS) is 10.9. The molecule has 0 unspecified atom stereocenters. The molecule has 102 valence electrons. The van der Waals surface area contributed by atoms with E-state index in [1.165, 1.54) is 17.8 Å². The van der Waals surface area contributed by atoms with Crippen molar-refractivity contribution >= 4 is 52.3 Å². The van der Waals surface area contributed by atoms with Gasteiger partial charge >= 0.3 is 0 Å². The summed E-state index contributed by atoms with van der Waals surface area (Å²) in [6, 6.07) is 12.0. The fourth-order valence-corrected chi connectivity index (χ4v) is 2.95. The monoisotopic (exact) mass is 342 g/mol. The average Bonchev–Trinajstić information content (AvgIpc) is 2.42. The number of halogens is 3. The van der Waals surface area contributed by atoms with Crippen LogP contribution < -0.4 is 0 Å². The van der Waals surface area contributed by atoms with Gasteiger partial charge in [-0.1, -0.05) is 52.6 Å². The van der Waals surface area contributed by atoms with Crippen LogP contribution in [-0.4, -0.2) is 5.78 Å². The molecule has 0 saturated carbocycles. The zero-order valence-electron chi connectivity index (χ0n) is 10.1. The van der Waals surface area contributed by atoms with Crippen LogP contribution in [0.5, 0.6) is 0 Å². The van der Waals surface area contributed by atoms with Crippen molar-refractivity contribution in [2.24, 2.45) is 0 Å². The van der Waals surface area contributed by atoms with Gasteiger partial charge in [0.15, 0.2) is 5.78 Å². The van der Waals surface area contributed by atoms with E-state index in [0.29, 0.717) is 20.6 Å². The molecular formula is C15H9Cl3OS. The number of hydrogen-bond donors (Lipinski definition) is 0. The predicted molar refractivity (Wildman–Crippen MR) is 87.2 cm³/mol. The molecule has 0 heterocycles. The van der Waals surface area contributed by atoms with Crippen molar-refractivity contribution in [2.45, 2.75) is 4.90 Å². The van der Waals surface area contributed by atoms with E-state index >= 15 is 0 Å². The topological polar surface area (TPSA) is 17.1 Å². The van der Waals surface area contributed by atoms with Crippen molar-refractivity contribution in [3.05, 3.63) is 74.6 Å². The molecule has 0 saturated heterocycles. The molecule has 2 aromatic rings. The highest BCUT2D eigenvalue weighted by atomic mass is 35.5. The second-order valence-corrected chi connectivity index (χ2v) is 6.01. The van der Waals surface area contributed by atoms with Gasteiger partial charge in [0.25, 0.3) is 0 Å². The van der Waals surface area contributed by atoms with E-state index in [9.17, 15) is 4.79 Å². The average molecular weight is 344 g/mol. The highest BCUT2D eigenvalue weighted by molar-refractivity contribution is 8.02. The second-order valence-electron chi connectivity index (χ2n) is 3.84. The minimum absolute atomic E-state index is 0.0997. The Kier molecular flexibility index (Phi) is 5.55. The van der Waals surface area contributed by atoms with Crippen LogP contribution in [0.1, 0.15) is 10.4 Å². The molecule has 0 aliphatic heterocycles. The summed E-state index contributed by atoms with van der Waals surface area (Å²) in [7, 11) is 0. The Hall–Kier alpha value is -0.930. The molecule has 20 heavy (non-hydrogen) atoms. The van der Waals surface area contributed by atoms with Crippen LogP contribution in [0, 0.1) is 0 Å². The summed E-state index contributed by atoms with van der Waals surface area (Å²) in [5, 5.41) is 3.39. The Morgan fingerprint density at radius 3 is 2.15 bits per heavy atom. The van der Waals surface area contributed by atoms with Crippen LogP contribution >= 0.6 is 46.6 Å². The van der Waals surface area contributed by atoms with E-state index in [-0.39, 0.29) is 5.78 Å². The molecule has 5 heteroatoms. The third kappa shape index (κ3) is 4.03. The van der Waals surface area contributed by atoms with Gasteiger partial charge in [0, 0.05) is 15.5 Å². The van der Waals surface area contributed by atoms with Gasteiger partial charge in [-0.3, -0.25) is 4.79 Å². The molecule has 1 nitrogen and oxygen atoms in total. The molecule has 0 radical (unpaired) electrons. The van der Waals surface area contributed by atoms with Gasteiger partial charge in [-0.15, -0.1) is 0 Å². The first-order valence-corrected chi connectivity index (χ1v) is 7.66. The zero-order chi connectivity index (χ0) is 14.5. The fourth-order valence-electron chi connectivity index (χ4n) is 1.47. The first-order chi connectivity index (χ1) is 9.58. The number of carbonyl (C=O) groups excluding carboxylic acids is 1.